The van der Waals surface area contributed by atoms with E-state index in [4.69, 9.17) is 4.42 Å². The normalized spacial score (nSPS) is 11.8. The molecule has 1 heterocycles. The number of unbranched alkanes of at least 4 members (excludes halogenated alkanes) is 2. The largest absolute Gasteiger partial charge is 0.465 e. The van der Waals surface area contributed by atoms with Crippen molar-refractivity contribution >= 4 is 0 Å². The van der Waals surface area contributed by atoms with Gasteiger partial charge in [0.25, 0.3) is 0 Å². The third-order valence-corrected chi connectivity index (χ3v) is 3.95. The average molecular weight is 294 g/mol. The van der Waals surface area contributed by atoms with Gasteiger partial charge >= 0.3 is 0 Å². The molecule has 0 fully saturated rings. The molecule has 1 N–H and O–H groups in total. The topological polar surface area (TPSA) is 28.4 Å². The van der Waals surface area contributed by atoms with Crippen LogP contribution in [0.4, 0.5) is 0 Å². The molecule has 1 aromatic rings. The van der Waals surface area contributed by atoms with Crippen LogP contribution in [0.25, 0.3) is 0 Å². The van der Waals surface area contributed by atoms with Crippen LogP contribution in [-0.4, -0.2) is 24.0 Å². The fourth-order valence-electron chi connectivity index (χ4n) is 2.53. The molecule has 0 spiro atoms. The average Bonchev–Trinajstić information content (AvgIpc) is 2.78. The van der Waals surface area contributed by atoms with Gasteiger partial charge in [-0.15, -0.1) is 0 Å². The molecule has 0 amide bonds. The Morgan fingerprint density at radius 1 is 1.19 bits per heavy atom. The van der Waals surface area contributed by atoms with Crippen molar-refractivity contribution in [1.82, 2.24) is 10.2 Å². The number of nitrogens with zero attached hydrogens (tertiary/aromatic N) is 1. The maximum atomic E-state index is 5.95. The van der Waals surface area contributed by atoms with Crippen LogP contribution in [-0.2, 0) is 13.1 Å². The van der Waals surface area contributed by atoms with E-state index in [1.807, 2.05) is 0 Å². The monoisotopic (exact) mass is 294 g/mol. The first-order chi connectivity index (χ1) is 10.1. The standard InChI is InChI=1S/C18H34N2O/c1-6-8-9-11-20(15(3)4)14-18-12-17(16(5)21-18)13-19-10-7-2/h12,15,19H,6-11,13-14H2,1-5H3. The Kier molecular flexibility index (Phi) is 8.70. The highest BCUT2D eigenvalue weighted by molar-refractivity contribution is 5.20. The molecule has 0 bridgehead atoms. The summed E-state index contributed by atoms with van der Waals surface area (Å²) in [7, 11) is 0. The van der Waals surface area contributed by atoms with Crippen LogP contribution in [0.2, 0.25) is 0 Å². The molecule has 0 aliphatic carbocycles. The summed E-state index contributed by atoms with van der Waals surface area (Å²) < 4.78 is 5.95. The summed E-state index contributed by atoms with van der Waals surface area (Å²) in [6.45, 7) is 15.1. The molecule has 3 heteroatoms. The van der Waals surface area contributed by atoms with Crippen LogP contribution in [0.5, 0.6) is 0 Å². The van der Waals surface area contributed by atoms with Gasteiger partial charge in [0, 0.05) is 18.2 Å². The van der Waals surface area contributed by atoms with Gasteiger partial charge in [0.2, 0.25) is 0 Å². The second-order valence-electron chi connectivity index (χ2n) is 6.24. The Labute approximate surface area is 131 Å². The molecule has 122 valence electrons. The number of hydrogen-bond donors (Lipinski definition) is 1. The van der Waals surface area contributed by atoms with Crippen molar-refractivity contribution in [2.24, 2.45) is 0 Å². The first kappa shape index (κ1) is 18.2. The summed E-state index contributed by atoms with van der Waals surface area (Å²) in [5.41, 5.74) is 1.30. The van der Waals surface area contributed by atoms with E-state index >= 15 is 0 Å². The van der Waals surface area contributed by atoms with Crippen molar-refractivity contribution in [2.75, 3.05) is 13.1 Å². The van der Waals surface area contributed by atoms with Crippen molar-refractivity contribution in [3.63, 3.8) is 0 Å². The van der Waals surface area contributed by atoms with Gasteiger partial charge < -0.3 is 9.73 Å². The van der Waals surface area contributed by atoms with E-state index in [9.17, 15) is 0 Å². The van der Waals surface area contributed by atoms with Crippen LogP contribution >= 0.6 is 0 Å². The van der Waals surface area contributed by atoms with E-state index in [0.29, 0.717) is 6.04 Å². The van der Waals surface area contributed by atoms with Gasteiger partial charge in [-0.3, -0.25) is 4.90 Å². The van der Waals surface area contributed by atoms with Gasteiger partial charge in [0.05, 0.1) is 6.54 Å². The van der Waals surface area contributed by atoms with Crippen molar-refractivity contribution < 1.29 is 4.42 Å². The number of rotatable bonds is 11. The lowest BCUT2D eigenvalue weighted by atomic mass is 10.2. The van der Waals surface area contributed by atoms with E-state index in [1.54, 1.807) is 0 Å². The first-order valence-corrected chi connectivity index (χ1v) is 8.61. The van der Waals surface area contributed by atoms with Crippen LogP contribution in [0.1, 0.15) is 70.5 Å². The fraction of sp³-hybridized carbons (Fsp3) is 0.778. The van der Waals surface area contributed by atoms with Gasteiger partial charge in [-0.05, 0) is 52.8 Å². The zero-order valence-electron chi connectivity index (χ0n) is 14.7. The maximum absolute atomic E-state index is 5.95. The van der Waals surface area contributed by atoms with Crippen LogP contribution < -0.4 is 5.32 Å². The lowest BCUT2D eigenvalue weighted by Gasteiger charge is -2.25. The minimum Gasteiger partial charge on any atom is -0.465 e. The second kappa shape index (κ2) is 10.0. The van der Waals surface area contributed by atoms with Crippen molar-refractivity contribution in [3.05, 3.63) is 23.2 Å². The highest BCUT2D eigenvalue weighted by Gasteiger charge is 2.14. The molecule has 21 heavy (non-hydrogen) atoms. The summed E-state index contributed by atoms with van der Waals surface area (Å²) in [5, 5.41) is 3.45. The number of nitrogens with one attached hydrogen (secondary N) is 1. The number of hydrogen-bond acceptors (Lipinski definition) is 3. The van der Waals surface area contributed by atoms with E-state index in [0.717, 1.165) is 37.7 Å². The Bertz CT molecular complexity index is 385. The quantitative estimate of drug-likeness (QED) is 0.610. The number of aryl methyl sites for hydroxylation is 1. The van der Waals surface area contributed by atoms with Crippen LogP contribution in [0, 0.1) is 6.92 Å². The Hall–Kier alpha value is -0.800. The fourth-order valence-corrected chi connectivity index (χ4v) is 2.53. The van der Waals surface area contributed by atoms with E-state index in [2.05, 4.69) is 50.9 Å². The lowest BCUT2D eigenvalue weighted by molar-refractivity contribution is 0.192. The molecule has 0 aliphatic rings. The molecular weight excluding hydrogens is 260 g/mol. The van der Waals surface area contributed by atoms with Crippen LogP contribution in [0.3, 0.4) is 0 Å². The Morgan fingerprint density at radius 2 is 1.95 bits per heavy atom. The third-order valence-electron chi connectivity index (χ3n) is 3.95. The zero-order chi connectivity index (χ0) is 15.7. The highest BCUT2D eigenvalue weighted by atomic mass is 16.3. The molecular formula is C18H34N2O. The minimum atomic E-state index is 0.564. The highest BCUT2D eigenvalue weighted by Crippen LogP contribution is 2.18. The smallest absolute Gasteiger partial charge is 0.118 e. The van der Waals surface area contributed by atoms with Gasteiger partial charge in [0.15, 0.2) is 0 Å². The van der Waals surface area contributed by atoms with Crippen molar-refractivity contribution in [1.29, 1.82) is 0 Å². The molecule has 0 saturated heterocycles. The van der Waals surface area contributed by atoms with Crippen molar-refractivity contribution in [3.8, 4) is 0 Å². The summed E-state index contributed by atoms with van der Waals surface area (Å²) in [6.07, 6.45) is 5.03. The SMILES string of the molecule is CCCCCN(Cc1cc(CNCCC)c(C)o1)C(C)C. The minimum absolute atomic E-state index is 0.564. The predicted octanol–water partition coefficient (Wildman–Crippen LogP) is 4.49. The maximum Gasteiger partial charge on any atom is 0.118 e. The van der Waals surface area contributed by atoms with Gasteiger partial charge in [0.1, 0.15) is 11.5 Å². The van der Waals surface area contributed by atoms with Gasteiger partial charge in [-0.1, -0.05) is 26.7 Å². The molecule has 3 nitrogen and oxygen atoms in total. The molecule has 0 aromatic carbocycles. The lowest BCUT2D eigenvalue weighted by Crippen LogP contribution is -2.31. The van der Waals surface area contributed by atoms with Gasteiger partial charge in [-0.2, -0.15) is 0 Å². The first-order valence-electron chi connectivity index (χ1n) is 8.61. The molecule has 0 radical (unpaired) electrons. The zero-order valence-corrected chi connectivity index (χ0v) is 14.7. The molecule has 1 rings (SSSR count). The Balaban J connectivity index is 2.56. The summed E-state index contributed by atoms with van der Waals surface area (Å²) in [5.74, 6) is 2.16. The van der Waals surface area contributed by atoms with Crippen LogP contribution in [0.15, 0.2) is 10.5 Å². The van der Waals surface area contributed by atoms with E-state index in [1.165, 1.54) is 31.2 Å². The molecule has 0 atom stereocenters. The van der Waals surface area contributed by atoms with Gasteiger partial charge in [-0.25, -0.2) is 0 Å². The molecule has 0 unspecified atom stereocenters. The Morgan fingerprint density at radius 3 is 2.57 bits per heavy atom. The second-order valence-corrected chi connectivity index (χ2v) is 6.24. The molecule has 0 aliphatic heterocycles. The van der Waals surface area contributed by atoms with E-state index in [-0.39, 0.29) is 0 Å². The summed E-state index contributed by atoms with van der Waals surface area (Å²) in [6, 6.07) is 2.79. The summed E-state index contributed by atoms with van der Waals surface area (Å²) in [4.78, 5) is 2.51. The number of furan rings is 1. The molecule has 1 aromatic heterocycles. The van der Waals surface area contributed by atoms with E-state index < -0.39 is 0 Å². The summed E-state index contributed by atoms with van der Waals surface area (Å²) >= 11 is 0. The van der Waals surface area contributed by atoms with Crippen molar-refractivity contribution in [2.45, 2.75) is 79.4 Å². The predicted molar refractivity (Wildman–Crippen MR) is 90.5 cm³/mol. The third kappa shape index (κ3) is 6.66. The molecule has 0 saturated carbocycles.